The highest BCUT2D eigenvalue weighted by molar-refractivity contribution is 7.95. The molecule has 0 atom stereocenters. The van der Waals surface area contributed by atoms with E-state index >= 15 is 0 Å². The number of rotatable bonds is 4. The third-order valence-corrected chi connectivity index (χ3v) is 5.73. The molecule has 0 aliphatic rings. The summed E-state index contributed by atoms with van der Waals surface area (Å²) in [4.78, 5) is -0.148. The Labute approximate surface area is 153 Å². The molecule has 0 spiro atoms. The highest BCUT2D eigenvalue weighted by Gasteiger charge is 2.20. The Bertz CT molecular complexity index is 1070. The standard InChI is InChI=1S/C22H17NO2S/c1-17-7-13-21(14-8-17)26(24,25)22(16-23)15-18-9-11-20(12-10-18)19-5-3-2-4-6-19/h2-15H,1H3/b22-15+. The predicted molar refractivity (Wildman–Crippen MR) is 104 cm³/mol. The van der Waals surface area contributed by atoms with Crippen LogP contribution in [-0.2, 0) is 9.84 Å². The Kier molecular flexibility index (Phi) is 5.01. The number of sulfone groups is 1. The van der Waals surface area contributed by atoms with Gasteiger partial charge >= 0.3 is 0 Å². The van der Waals surface area contributed by atoms with Gasteiger partial charge in [-0.05, 0) is 41.8 Å². The summed E-state index contributed by atoms with van der Waals surface area (Å²) in [7, 11) is -3.83. The van der Waals surface area contributed by atoms with Crippen molar-refractivity contribution in [3.05, 3.63) is 94.9 Å². The maximum Gasteiger partial charge on any atom is 0.216 e. The molecular weight excluding hydrogens is 342 g/mol. The molecule has 0 heterocycles. The molecule has 0 amide bonds. The van der Waals surface area contributed by atoms with Crippen LogP contribution in [0.25, 0.3) is 17.2 Å². The van der Waals surface area contributed by atoms with Crippen LogP contribution in [-0.4, -0.2) is 8.42 Å². The summed E-state index contributed by atoms with van der Waals surface area (Å²) < 4.78 is 25.4. The Balaban J connectivity index is 1.94. The largest absolute Gasteiger partial charge is 0.218 e. The number of aryl methyl sites for hydroxylation is 1. The molecule has 0 N–H and O–H groups in total. The second-order valence-corrected chi connectivity index (χ2v) is 7.84. The first-order valence-corrected chi connectivity index (χ1v) is 9.58. The quantitative estimate of drug-likeness (QED) is 0.616. The molecule has 26 heavy (non-hydrogen) atoms. The second-order valence-electron chi connectivity index (χ2n) is 5.92. The fourth-order valence-corrected chi connectivity index (χ4v) is 3.73. The summed E-state index contributed by atoms with van der Waals surface area (Å²) in [5.74, 6) is 0. The summed E-state index contributed by atoms with van der Waals surface area (Å²) >= 11 is 0. The molecule has 0 radical (unpaired) electrons. The zero-order valence-electron chi connectivity index (χ0n) is 14.3. The minimum absolute atomic E-state index is 0.122. The van der Waals surface area contributed by atoms with E-state index in [9.17, 15) is 13.7 Å². The normalized spacial score (nSPS) is 11.8. The number of nitrogens with zero attached hydrogens (tertiary/aromatic N) is 1. The Morgan fingerprint density at radius 3 is 2.00 bits per heavy atom. The molecule has 0 unspecified atom stereocenters. The molecule has 3 aromatic rings. The molecule has 128 valence electrons. The second kappa shape index (κ2) is 7.38. The fourth-order valence-electron chi connectivity index (χ4n) is 2.57. The van der Waals surface area contributed by atoms with Crippen molar-refractivity contribution in [1.29, 1.82) is 5.26 Å². The van der Waals surface area contributed by atoms with E-state index in [-0.39, 0.29) is 9.80 Å². The van der Waals surface area contributed by atoms with Crippen LogP contribution in [0.15, 0.2) is 88.7 Å². The van der Waals surface area contributed by atoms with Gasteiger partial charge in [-0.3, -0.25) is 0 Å². The van der Waals surface area contributed by atoms with Crippen molar-refractivity contribution in [2.24, 2.45) is 0 Å². The van der Waals surface area contributed by atoms with Crippen LogP contribution in [0.2, 0.25) is 0 Å². The van der Waals surface area contributed by atoms with Gasteiger partial charge in [0.2, 0.25) is 9.84 Å². The van der Waals surface area contributed by atoms with Crippen LogP contribution in [0.4, 0.5) is 0 Å². The third kappa shape index (κ3) is 3.74. The molecule has 4 heteroatoms. The summed E-state index contributed by atoms with van der Waals surface area (Å²) in [5, 5.41) is 9.37. The first-order chi connectivity index (χ1) is 12.5. The van der Waals surface area contributed by atoms with E-state index in [2.05, 4.69) is 0 Å². The van der Waals surface area contributed by atoms with E-state index in [1.54, 1.807) is 12.1 Å². The number of allylic oxidation sites excluding steroid dienone is 1. The first-order valence-electron chi connectivity index (χ1n) is 8.10. The number of benzene rings is 3. The van der Waals surface area contributed by atoms with Gasteiger partial charge in [0.15, 0.2) is 0 Å². The molecule has 0 bridgehead atoms. The molecule has 0 saturated heterocycles. The highest BCUT2D eigenvalue weighted by Crippen LogP contribution is 2.24. The van der Waals surface area contributed by atoms with E-state index in [1.165, 1.54) is 18.2 Å². The zero-order chi connectivity index (χ0) is 18.6. The molecule has 0 aliphatic heterocycles. The van der Waals surface area contributed by atoms with Crippen molar-refractivity contribution in [3.8, 4) is 17.2 Å². The minimum Gasteiger partial charge on any atom is -0.218 e. The van der Waals surface area contributed by atoms with E-state index in [4.69, 9.17) is 0 Å². The van der Waals surface area contributed by atoms with Gasteiger partial charge < -0.3 is 0 Å². The summed E-state index contributed by atoms with van der Waals surface area (Å²) in [6, 6.07) is 25.6. The van der Waals surface area contributed by atoms with Gasteiger partial charge in [0.1, 0.15) is 11.0 Å². The highest BCUT2D eigenvalue weighted by atomic mass is 32.2. The van der Waals surface area contributed by atoms with Gasteiger partial charge in [-0.1, -0.05) is 72.3 Å². The summed E-state index contributed by atoms with van der Waals surface area (Å²) in [6.45, 7) is 1.88. The van der Waals surface area contributed by atoms with E-state index in [1.807, 2.05) is 67.6 Å². The molecule has 0 aromatic heterocycles. The molecule has 0 fully saturated rings. The Morgan fingerprint density at radius 1 is 0.846 bits per heavy atom. The average Bonchev–Trinajstić information content (AvgIpc) is 2.67. The lowest BCUT2D eigenvalue weighted by molar-refractivity contribution is 0.603. The van der Waals surface area contributed by atoms with Crippen LogP contribution in [0, 0.1) is 18.3 Å². The molecule has 3 nitrogen and oxygen atoms in total. The van der Waals surface area contributed by atoms with Gasteiger partial charge in [-0.15, -0.1) is 0 Å². The maximum absolute atomic E-state index is 12.7. The van der Waals surface area contributed by atoms with Crippen molar-refractivity contribution >= 4 is 15.9 Å². The van der Waals surface area contributed by atoms with Crippen LogP contribution < -0.4 is 0 Å². The van der Waals surface area contributed by atoms with E-state index < -0.39 is 9.84 Å². The monoisotopic (exact) mass is 359 g/mol. The fraction of sp³-hybridized carbons (Fsp3) is 0.0455. The third-order valence-electron chi connectivity index (χ3n) is 4.05. The summed E-state index contributed by atoms with van der Waals surface area (Å²) in [5.41, 5.74) is 3.73. The number of hydrogen-bond acceptors (Lipinski definition) is 3. The van der Waals surface area contributed by atoms with Gasteiger partial charge in [0.25, 0.3) is 0 Å². The van der Waals surface area contributed by atoms with Crippen molar-refractivity contribution in [3.63, 3.8) is 0 Å². The SMILES string of the molecule is Cc1ccc(S(=O)(=O)/C(C#N)=C/c2ccc(-c3ccccc3)cc2)cc1. The first kappa shape index (κ1) is 17.7. The van der Waals surface area contributed by atoms with Crippen LogP contribution in [0.5, 0.6) is 0 Å². The van der Waals surface area contributed by atoms with E-state index in [0.717, 1.165) is 16.7 Å². The molecule has 3 rings (SSSR count). The smallest absolute Gasteiger partial charge is 0.216 e. The predicted octanol–water partition coefficient (Wildman–Crippen LogP) is 5.00. The Hall–Kier alpha value is -3.16. The molecule has 0 saturated carbocycles. The topological polar surface area (TPSA) is 57.9 Å². The van der Waals surface area contributed by atoms with Gasteiger partial charge in [-0.25, -0.2) is 8.42 Å². The van der Waals surface area contributed by atoms with Gasteiger partial charge in [-0.2, -0.15) is 5.26 Å². The molecular formula is C22H17NO2S. The summed E-state index contributed by atoms with van der Waals surface area (Å²) in [6.07, 6.45) is 1.41. The number of nitriles is 1. The maximum atomic E-state index is 12.7. The van der Waals surface area contributed by atoms with Crippen LogP contribution in [0.3, 0.4) is 0 Å². The van der Waals surface area contributed by atoms with E-state index in [0.29, 0.717) is 5.56 Å². The van der Waals surface area contributed by atoms with Crippen LogP contribution in [0.1, 0.15) is 11.1 Å². The zero-order valence-corrected chi connectivity index (χ0v) is 15.1. The van der Waals surface area contributed by atoms with Crippen molar-refractivity contribution < 1.29 is 8.42 Å². The lowest BCUT2D eigenvalue weighted by atomic mass is 10.0. The van der Waals surface area contributed by atoms with Crippen LogP contribution >= 0.6 is 0 Å². The average molecular weight is 359 g/mol. The molecule has 3 aromatic carbocycles. The number of hydrogen-bond donors (Lipinski definition) is 0. The van der Waals surface area contributed by atoms with Crippen molar-refractivity contribution in [2.45, 2.75) is 11.8 Å². The molecule has 0 aliphatic carbocycles. The minimum atomic E-state index is -3.83. The lowest BCUT2D eigenvalue weighted by Gasteiger charge is -2.05. The van der Waals surface area contributed by atoms with Gasteiger partial charge in [0.05, 0.1) is 4.90 Å². The van der Waals surface area contributed by atoms with Crippen molar-refractivity contribution in [1.82, 2.24) is 0 Å². The van der Waals surface area contributed by atoms with Crippen molar-refractivity contribution in [2.75, 3.05) is 0 Å². The van der Waals surface area contributed by atoms with Gasteiger partial charge in [0, 0.05) is 0 Å². The Morgan fingerprint density at radius 2 is 1.42 bits per heavy atom. The lowest BCUT2D eigenvalue weighted by Crippen LogP contribution is -2.03.